The number of ether oxygens (including phenoxy) is 2. The zero-order valence-electron chi connectivity index (χ0n) is 48.9. The maximum atomic E-state index is 16.5. The van der Waals surface area contributed by atoms with Crippen LogP contribution in [-0.2, 0) is 20.9 Å². The Hall–Kier alpha value is -8.75. The van der Waals surface area contributed by atoms with Gasteiger partial charge in [0.25, 0.3) is 5.91 Å². The molecule has 0 bridgehead atoms. The fourth-order valence-corrected chi connectivity index (χ4v) is 11.7. The molecule has 4 aromatic carbocycles. The van der Waals surface area contributed by atoms with Gasteiger partial charge in [-0.3, -0.25) is 28.9 Å². The van der Waals surface area contributed by atoms with E-state index in [-0.39, 0.29) is 47.4 Å². The lowest BCUT2D eigenvalue weighted by Crippen LogP contribution is -2.44. The lowest BCUT2D eigenvalue weighted by atomic mass is 9.92. The highest BCUT2D eigenvalue weighted by Crippen LogP contribution is 2.43. The smallest absolute Gasteiger partial charge is 0.270 e. The number of piperidine rings is 1. The largest absolute Gasteiger partial charge is 0.496 e. The van der Waals surface area contributed by atoms with Crippen LogP contribution in [0.3, 0.4) is 0 Å². The molecule has 85 heavy (non-hydrogen) atoms. The number of amides is 4. The second-order valence-corrected chi connectivity index (χ2v) is 22.2. The van der Waals surface area contributed by atoms with Crippen LogP contribution in [0.4, 0.5) is 8.78 Å². The van der Waals surface area contributed by atoms with Crippen molar-refractivity contribution in [3.05, 3.63) is 144 Å². The molecule has 6 N–H and O–H groups in total. The van der Waals surface area contributed by atoms with Crippen molar-refractivity contribution in [2.75, 3.05) is 66.6 Å². The third-order valence-corrected chi connectivity index (χ3v) is 16.6. The van der Waals surface area contributed by atoms with E-state index in [4.69, 9.17) is 15.2 Å². The molecule has 0 spiro atoms. The van der Waals surface area contributed by atoms with Crippen LogP contribution >= 0.6 is 0 Å². The maximum Gasteiger partial charge on any atom is 0.270 e. The number of hydrogen-bond donors (Lipinski definition) is 5. The Morgan fingerprint density at radius 2 is 1.36 bits per heavy atom. The van der Waals surface area contributed by atoms with E-state index in [1.54, 1.807) is 49.2 Å². The second-order valence-electron chi connectivity index (χ2n) is 22.2. The molecular formula is C65H74F2N12O6. The number of benzene rings is 4. The summed E-state index contributed by atoms with van der Waals surface area (Å²) in [6.45, 7) is 10.7. The Bertz CT molecular complexity index is 3720. The number of likely N-dealkylation sites (tertiary alicyclic amines) is 1. The number of nitrogens with one attached hydrogen (secondary N) is 4. The molecule has 1 unspecified atom stereocenters. The number of para-hydroxylation sites is 2. The van der Waals surface area contributed by atoms with Gasteiger partial charge >= 0.3 is 0 Å². The summed E-state index contributed by atoms with van der Waals surface area (Å²) in [6.07, 6.45) is 15.7. The van der Waals surface area contributed by atoms with Crippen molar-refractivity contribution in [3.63, 3.8) is 0 Å². The van der Waals surface area contributed by atoms with Crippen LogP contribution < -0.4 is 25.8 Å². The number of fused-ring (bicyclic) bond motifs is 2. The zero-order chi connectivity index (χ0) is 59.8. The van der Waals surface area contributed by atoms with Crippen molar-refractivity contribution < 1.29 is 37.4 Å². The first kappa shape index (κ1) is 59.4. The summed E-state index contributed by atoms with van der Waals surface area (Å²) in [4.78, 5) is 66.9. The van der Waals surface area contributed by atoms with Gasteiger partial charge in [0, 0.05) is 114 Å². The van der Waals surface area contributed by atoms with Gasteiger partial charge < -0.3 is 50.5 Å². The molecule has 11 rings (SSSR count). The van der Waals surface area contributed by atoms with Crippen LogP contribution in [0.1, 0.15) is 86.1 Å². The minimum absolute atomic E-state index is 0.0248. The maximum absolute atomic E-state index is 16.5. The van der Waals surface area contributed by atoms with Gasteiger partial charge in [-0.15, -0.1) is 5.10 Å². The standard InChI is InChI=1S/C33H38FN7O3.C32H36FN5O3/c1-3-35-23-10-15-39(16-11-23)33(43)28-20-27-26(24-8-4-5-9-29(24)44-2)19-25(31(34)32(27)37-28)22-7-6-14-40(21-22)30(42)12-17-41-18-13-36-38-41;1-20-15-26-25(23-8-4-5-9-27(23)41-3)16-24(29(33)30(26)37-20)22-7-6-14-38(17-22)28(40)10-11-32(12-13-32)18-35-21(2)31(34)36-19-39/h4-5,7-9,13,18-20,23,35,37H,3,6,10-12,14-17,21H2,1-2H3;4-5,7-9,12-13,15-16,19,31,37H,6,10-11,14,17-18,34H2,1-3H3,(H,36,39). The number of aromatic amines is 2. The van der Waals surface area contributed by atoms with Crippen LogP contribution in [0.2, 0.25) is 0 Å². The summed E-state index contributed by atoms with van der Waals surface area (Å²) in [5, 5.41) is 15.1. The number of hydrogen-bond acceptors (Lipinski definition) is 11. The lowest BCUT2D eigenvalue weighted by molar-refractivity contribution is -0.131. The van der Waals surface area contributed by atoms with Crippen molar-refractivity contribution in [1.82, 2.24) is 50.3 Å². The van der Waals surface area contributed by atoms with Gasteiger partial charge in [0.1, 0.15) is 23.4 Å². The number of carbonyl (C=O) groups is 4. The molecule has 20 heteroatoms. The molecule has 7 aromatic rings. The topological polar surface area (TPSA) is 221 Å². The molecule has 4 amide bonds. The summed E-state index contributed by atoms with van der Waals surface area (Å²) < 4.78 is 45.4. The molecule has 1 saturated heterocycles. The first-order valence-corrected chi connectivity index (χ1v) is 29.1. The van der Waals surface area contributed by atoms with Crippen molar-refractivity contribution >= 4 is 62.8 Å². The van der Waals surface area contributed by atoms with E-state index in [0.29, 0.717) is 129 Å². The molecule has 4 aliphatic rings. The second kappa shape index (κ2) is 26.4. The van der Waals surface area contributed by atoms with Crippen LogP contribution in [-0.4, -0.2) is 148 Å². The number of nitrogens with two attached hydrogens (primary N) is 1. The molecular weight excluding hydrogens is 1080 g/mol. The third kappa shape index (κ3) is 13.3. The minimum Gasteiger partial charge on any atom is -0.496 e. The fraction of sp³-hybridized carbons (Fsp3) is 0.369. The Kier molecular flexibility index (Phi) is 18.5. The van der Waals surface area contributed by atoms with E-state index in [2.05, 4.69) is 55.0 Å². The molecule has 3 aromatic heterocycles. The number of H-pyrrole nitrogens is 2. The van der Waals surface area contributed by atoms with Crippen LogP contribution in [0.5, 0.6) is 11.5 Å². The molecule has 444 valence electrons. The van der Waals surface area contributed by atoms with Gasteiger partial charge in [0.05, 0.1) is 44.5 Å². The van der Waals surface area contributed by atoms with Crippen molar-refractivity contribution in [1.29, 1.82) is 0 Å². The molecule has 1 atom stereocenters. The zero-order valence-corrected chi connectivity index (χ0v) is 48.9. The van der Waals surface area contributed by atoms with Gasteiger partial charge in [0.2, 0.25) is 18.2 Å². The Balaban J connectivity index is 0.000000190. The number of aryl methyl sites for hydroxylation is 2. The van der Waals surface area contributed by atoms with Gasteiger partial charge in [-0.05, 0) is 111 Å². The Labute approximate surface area is 493 Å². The summed E-state index contributed by atoms with van der Waals surface area (Å²) in [6, 6.07) is 23.2. The normalized spacial score (nSPS) is 16.4. The number of rotatable bonds is 20. The van der Waals surface area contributed by atoms with E-state index in [1.807, 2.05) is 95.6 Å². The van der Waals surface area contributed by atoms with Crippen molar-refractivity contribution in [2.45, 2.75) is 84.5 Å². The number of methoxy groups -OCH3 is 2. The third-order valence-electron chi connectivity index (χ3n) is 16.6. The molecule has 3 aliphatic heterocycles. The predicted octanol–water partition coefficient (Wildman–Crippen LogP) is 9.23. The highest BCUT2D eigenvalue weighted by atomic mass is 19.1. The van der Waals surface area contributed by atoms with Crippen LogP contribution in [0.25, 0.3) is 55.2 Å². The average Bonchev–Trinajstić information content (AvgIpc) is 2.07. The fourth-order valence-electron chi connectivity index (χ4n) is 11.7. The van der Waals surface area contributed by atoms with Crippen molar-refractivity contribution in [2.24, 2.45) is 16.1 Å². The Morgan fingerprint density at radius 1 is 0.788 bits per heavy atom. The number of nitrogens with zero attached hydrogens (tertiary/aromatic N) is 7. The molecule has 0 saturated carbocycles. The predicted molar refractivity (Wildman–Crippen MR) is 327 cm³/mol. The molecule has 0 radical (unpaired) electrons. The quantitative estimate of drug-likeness (QED) is 0.0211. The number of aliphatic imine (C=N–C) groups is 1. The van der Waals surface area contributed by atoms with Gasteiger partial charge in [0.15, 0.2) is 11.6 Å². The SMILES string of the molecule is CCNC1CCN(C(=O)c2cc3c(-c4ccccc4OC)cc(C4=CCCN(C(=O)CCn5ccnn5)C4)c(F)c3[nH]2)CC1.COc1ccccc1-c1cc(C2=CCCN(C(=O)CCC3(CN=C(C)C(N)NC=O)C=C3)C2)c(F)c2[nH]c(C)cc12. The van der Waals surface area contributed by atoms with Gasteiger partial charge in [-0.25, -0.2) is 8.78 Å². The molecule has 1 aliphatic carbocycles. The minimum atomic E-state index is -0.624. The van der Waals surface area contributed by atoms with E-state index in [9.17, 15) is 19.2 Å². The summed E-state index contributed by atoms with van der Waals surface area (Å²) in [5.74, 6) is 0.478. The first-order chi connectivity index (χ1) is 41.2. The molecule has 1 fully saturated rings. The van der Waals surface area contributed by atoms with E-state index < -0.39 is 12.0 Å². The average molecular weight is 1160 g/mol. The van der Waals surface area contributed by atoms with E-state index in [1.165, 1.54) is 0 Å². The summed E-state index contributed by atoms with van der Waals surface area (Å²) in [7, 11) is 3.24. The first-order valence-electron chi connectivity index (χ1n) is 29.1. The van der Waals surface area contributed by atoms with Gasteiger partial charge in [-0.1, -0.05) is 72.8 Å². The number of carbonyl (C=O) groups excluding carboxylic acids is 4. The number of aromatic nitrogens is 5. The molecule has 18 nitrogen and oxygen atoms in total. The monoisotopic (exact) mass is 1160 g/mol. The van der Waals surface area contributed by atoms with Crippen LogP contribution in [0.15, 0.2) is 114 Å². The molecule has 6 heterocycles. The number of halogens is 2. The van der Waals surface area contributed by atoms with Gasteiger partial charge in [-0.2, -0.15) is 0 Å². The summed E-state index contributed by atoms with van der Waals surface area (Å²) in [5.41, 5.74) is 13.9. The van der Waals surface area contributed by atoms with Crippen LogP contribution in [0, 0.1) is 24.0 Å². The highest BCUT2D eigenvalue weighted by molar-refractivity contribution is 6.06. The summed E-state index contributed by atoms with van der Waals surface area (Å²) >= 11 is 0. The van der Waals surface area contributed by atoms with E-state index >= 15 is 8.78 Å². The Morgan fingerprint density at radius 3 is 1.92 bits per heavy atom. The van der Waals surface area contributed by atoms with Crippen molar-refractivity contribution in [3.8, 4) is 33.8 Å². The highest BCUT2D eigenvalue weighted by Gasteiger charge is 2.36. The van der Waals surface area contributed by atoms with E-state index in [0.717, 1.165) is 63.9 Å². The lowest BCUT2D eigenvalue weighted by Gasteiger charge is -2.32.